The quantitative estimate of drug-likeness (QED) is 0.591. The second-order valence-corrected chi connectivity index (χ2v) is 6.02. The summed E-state index contributed by atoms with van der Waals surface area (Å²) in [6.45, 7) is 2.11. The molecule has 2 aliphatic rings. The summed E-state index contributed by atoms with van der Waals surface area (Å²) in [5.74, 6) is 0.936. The fraction of sp³-hybridized carbons (Fsp3) is 0.333. The Labute approximate surface area is 133 Å². The Kier molecular flexibility index (Phi) is 3.43. The van der Waals surface area contributed by atoms with Gasteiger partial charge in [0.1, 0.15) is 0 Å². The van der Waals surface area contributed by atoms with Gasteiger partial charge in [-0.3, -0.25) is 0 Å². The second-order valence-electron chi connectivity index (χ2n) is 6.02. The van der Waals surface area contributed by atoms with E-state index in [1.807, 2.05) is 12.1 Å². The molecule has 0 spiro atoms. The SMILES string of the molecule is Cc1cnc(Nc2cc3c(c(C4CC4)c2)B(O)OC3)nc1NF. The molecule has 1 aliphatic carbocycles. The molecule has 0 unspecified atom stereocenters. The summed E-state index contributed by atoms with van der Waals surface area (Å²) in [5.41, 5.74) is 5.99. The first kappa shape index (κ1) is 14.4. The number of aryl methyl sites for hydroxylation is 1. The minimum absolute atomic E-state index is 0.143. The molecule has 1 aliphatic heterocycles. The summed E-state index contributed by atoms with van der Waals surface area (Å²) in [4.78, 5) is 8.27. The van der Waals surface area contributed by atoms with E-state index in [1.165, 1.54) is 0 Å². The van der Waals surface area contributed by atoms with E-state index < -0.39 is 7.12 Å². The second kappa shape index (κ2) is 5.47. The van der Waals surface area contributed by atoms with Gasteiger partial charge in [-0.05, 0) is 54.4 Å². The molecule has 1 aromatic heterocycles. The molecule has 23 heavy (non-hydrogen) atoms. The van der Waals surface area contributed by atoms with Gasteiger partial charge in [0.05, 0.1) is 6.61 Å². The molecule has 0 saturated heterocycles. The highest BCUT2D eigenvalue weighted by Gasteiger charge is 2.36. The molecule has 8 heteroatoms. The van der Waals surface area contributed by atoms with Crippen LogP contribution in [0.3, 0.4) is 0 Å². The Hall–Kier alpha value is -2.19. The molecule has 3 N–H and O–H groups in total. The van der Waals surface area contributed by atoms with E-state index in [4.69, 9.17) is 4.65 Å². The van der Waals surface area contributed by atoms with E-state index >= 15 is 0 Å². The van der Waals surface area contributed by atoms with E-state index in [1.54, 1.807) is 18.7 Å². The van der Waals surface area contributed by atoms with Crippen LogP contribution < -0.4 is 16.3 Å². The molecule has 0 amide bonds. The van der Waals surface area contributed by atoms with Gasteiger partial charge >= 0.3 is 7.12 Å². The van der Waals surface area contributed by atoms with Crippen LogP contribution in [-0.4, -0.2) is 22.1 Å². The smallest absolute Gasteiger partial charge is 0.423 e. The first-order valence-corrected chi connectivity index (χ1v) is 7.59. The van der Waals surface area contributed by atoms with Crippen molar-refractivity contribution in [3.05, 3.63) is 35.0 Å². The summed E-state index contributed by atoms with van der Waals surface area (Å²) in [6.07, 6.45) is 3.80. The van der Waals surface area contributed by atoms with E-state index in [2.05, 4.69) is 15.3 Å². The lowest BCUT2D eigenvalue weighted by molar-refractivity contribution is 0.275. The van der Waals surface area contributed by atoms with Gasteiger partial charge in [-0.2, -0.15) is 4.98 Å². The van der Waals surface area contributed by atoms with Crippen LogP contribution in [-0.2, 0) is 11.3 Å². The third kappa shape index (κ3) is 2.64. The average Bonchev–Trinajstić information content (AvgIpc) is 3.33. The Balaban J connectivity index is 1.69. The van der Waals surface area contributed by atoms with Crippen molar-refractivity contribution < 1.29 is 14.2 Å². The van der Waals surface area contributed by atoms with Crippen LogP contribution in [0.5, 0.6) is 0 Å². The van der Waals surface area contributed by atoms with Crippen molar-refractivity contribution in [1.82, 2.24) is 9.97 Å². The van der Waals surface area contributed by atoms with Gasteiger partial charge in [0.15, 0.2) is 5.82 Å². The Morgan fingerprint density at radius 1 is 1.39 bits per heavy atom. The summed E-state index contributed by atoms with van der Waals surface area (Å²) >= 11 is 0. The first-order valence-electron chi connectivity index (χ1n) is 7.59. The maximum absolute atomic E-state index is 12.7. The Morgan fingerprint density at radius 2 is 2.22 bits per heavy atom. The van der Waals surface area contributed by atoms with Gasteiger partial charge in [-0.1, -0.05) is 0 Å². The lowest BCUT2D eigenvalue weighted by Gasteiger charge is -2.12. The average molecular weight is 314 g/mol. The van der Waals surface area contributed by atoms with E-state index in [-0.39, 0.29) is 5.82 Å². The number of aromatic nitrogens is 2. The zero-order valence-corrected chi connectivity index (χ0v) is 12.6. The van der Waals surface area contributed by atoms with Crippen molar-refractivity contribution in [2.24, 2.45) is 0 Å². The van der Waals surface area contributed by atoms with Gasteiger partial charge in [0, 0.05) is 17.4 Å². The predicted molar refractivity (Wildman–Crippen MR) is 85.6 cm³/mol. The molecule has 1 fully saturated rings. The normalized spacial score (nSPS) is 16.4. The molecule has 0 bridgehead atoms. The minimum atomic E-state index is -0.840. The highest BCUT2D eigenvalue weighted by atomic mass is 19.2. The van der Waals surface area contributed by atoms with Crippen molar-refractivity contribution in [3.8, 4) is 0 Å². The van der Waals surface area contributed by atoms with Crippen molar-refractivity contribution >= 4 is 30.0 Å². The highest BCUT2D eigenvalue weighted by Crippen LogP contribution is 2.41. The van der Waals surface area contributed by atoms with Gasteiger partial charge in [-0.15, -0.1) is 4.48 Å². The Morgan fingerprint density at radius 3 is 2.96 bits per heavy atom. The summed E-state index contributed by atoms with van der Waals surface area (Å²) in [6, 6.07) is 3.92. The number of hydrogen-bond acceptors (Lipinski definition) is 6. The van der Waals surface area contributed by atoms with Gasteiger partial charge in [-0.25, -0.2) is 10.5 Å². The predicted octanol–water partition coefficient (Wildman–Crippen LogP) is 1.92. The molecule has 4 rings (SSSR count). The number of hydrogen-bond donors (Lipinski definition) is 3. The van der Waals surface area contributed by atoms with Crippen LogP contribution in [0.15, 0.2) is 18.3 Å². The van der Waals surface area contributed by atoms with Crippen LogP contribution in [0.4, 0.5) is 21.9 Å². The number of nitrogens with one attached hydrogen (secondary N) is 2. The van der Waals surface area contributed by atoms with Crippen molar-refractivity contribution in [1.29, 1.82) is 0 Å². The number of anilines is 3. The van der Waals surface area contributed by atoms with Crippen LogP contribution in [0, 0.1) is 6.92 Å². The van der Waals surface area contributed by atoms with E-state index in [0.29, 0.717) is 24.0 Å². The number of rotatable bonds is 4. The zero-order valence-electron chi connectivity index (χ0n) is 12.6. The lowest BCUT2D eigenvalue weighted by atomic mass is 9.75. The van der Waals surface area contributed by atoms with Crippen LogP contribution in [0.25, 0.3) is 0 Å². The van der Waals surface area contributed by atoms with E-state index in [0.717, 1.165) is 35.1 Å². The number of fused-ring (bicyclic) bond motifs is 1. The van der Waals surface area contributed by atoms with Gasteiger partial charge < -0.3 is 15.0 Å². The molecule has 6 nitrogen and oxygen atoms in total. The zero-order chi connectivity index (χ0) is 16.0. The minimum Gasteiger partial charge on any atom is -0.423 e. The van der Waals surface area contributed by atoms with Crippen molar-refractivity contribution in [2.45, 2.75) is 32.3 Å². The molecule has 1 saturated carbocycles. The molecule has 0 atom stereocenters. The molecule has 2 aromatic rings. The maximum Gasteiger partial charge on any atom is 0.492 e. The fourth-order valence-electron chi connectivity index (χ4n) is 2.94. The monoisotopic (exact) mass is 314 g/mol. The van der Waals surface area contributed by atoms with Crippen molar-refractivity contribution in [2.75, 3.05) is 10.9 Å². The molecule has 1 aromatic carbocycles. The van der Waals surface area contributed by atoms with Gasteiger partial charge in [0.25, 0.3) is 0 Å². The molecule has 2 heterocycles. The summed E-state index contributed by atoms with van der Waals surface area (Å²) in [7, 11) is -0.840. The topological polar surface area (TPSA) is 79.3 Å². The molecular weight excluding hydrogens is 298 g/mol. The number of benzene rings is 1. The van der Waals surface area contributed by atoms with Crippen LogP contribution in [0.2, 0.25) is 0 Å². The Bertz CT molecular complexity index is 769. The first-order chi connectivity index (χ1) is 11.2. The maximum atomic E-state index is 12.7. The highest BCUT2D eigenvalue weighted by molar-refractivity contribution is 6.62. The number of halogens is 1. The molecule has 118 valence electrons. The standard InChI is InChI=1S/C15H16BFN4O2/c1-8-6-18-15(20-14(8)21-17)19-11-4-10-7-23-16(22)13(10)12(5-11)9-2-3-9/h4-6,9,22H,2-3,7H2,1H3,(H2,18,19,20,21). The van der Waals surface area contributed by atoms with Crippen LogP contribution in [0.1, 0.15) is 35.4 Å². The largest absolute Gasteiger partial charge is 0.492 e. The van der Waals surface area contributed by atoms with Crippen LogP contribution >= 0.6 is 0 Å². The van der Waals surface area contributed by atoms with Crippen molar-refractivity contribution in [3.63, 3.8) is 0 Å². The third-order valence-electron chi connectivity index (χ3n) is 4.28. The molecular formula is C15H16BFN4O2. The summed E-state index contributed by atoms with van der Waals surface area (Å²) in [5, 5.41) is 13.1. The fourth-order valence-corrected chi connectivity index (χ4v) is 2.94. The molecule has 0 radical (unpaired) electrons. The van der Waals surface area contributed by atoms with E-state index in [9.17, 15) is 9.51 Å². The lowest BCUT2D eigenvalue weighted by Crippen LogP contribution is -2.31. The van der Waals surface area contributed by atoms with Gasteiger partial charge in [0.2, 0.25) is 5.95 Å². The third-order valence-corrected chi connectivity index (χ3v) is 4.28. The number of nitrogens with zero attached hydrogens (tertiary/aromatic N) is 2. The summed E-state index contributed by atoms with van der Waals surface area (Å²) < 4.78 is 18.0.